The Morgan fingerprint density at radius 1 is 1.28 bits per heavy atom. The molecule has 0 fully saturated rings. The Kier molecular flexibility index (Phi) is 3.24. The first-order chi connectivity index (χ1) is 8.52. The van der Waals surface area contributed by atoms with E-state index in [4.69, 9.17) is 10.3 Å². The maximum atomic E-state index is 13.3. The molecule has 0 unspecified atom stereocenters. The predicted octanol–water partition coefficient (Wildman–Crippen LogP) is 1.54. The normalized spacial score (nSPS) is 10.7. The van der Waals surface area contributed by atoms with Gasteiger partial charge in [-0.15, -0.1) is 0 Å². The number of benzene rings is 1. The van der Waals surface area contributed by atoms with Gasteiger partial charge in [0, 0.05) is 25.7 Å². The van der Waals surface area contributed by atoms with Crippen molar-refractivity contribution in [2.24, 2.45) is 5.73 Å². The third-order valence-electron chi connectivity index (χ3n) is 2.40. The molecule has 0 aliphatic heterocycles. The Morgan fingerprint density at radius 3 is 2.50 bits per heavy atom. The van der Waals surface area contributed by atoms with Gasteiger partial charge in [0.05, 0.1) is 12.2 Å². The Bertz CT molecular complexity index is 568. The lowest BCUT2D eigenvalue weighted by Gasteiger charge is -2.15. The number of nitrogens with two attached hydrogens (primary N) is 1. The average molecular weight is 254 g/mol. The first-order valence-corrected chi connectivity index (χ1v) is 5.22. The highest BCUT2D eigenvalue weighted by Crippen LogP contribution is 2.30. The Balaban J connectivity index is 2.58. The molecule has 0 aliphatic rings. The SMILES string of the molecule is CN(C)c1cc(F)c(F)cc1-c1noc(CN)n1. The summed E-state index contributed by atoms with van der Waals surface area (Å²) in [5.74, 6) is -1.47. The summed E-state index contributed by atoms with van der Waals surface area (Å²) >= 11 is 0. The topological polar surface area (TPSA) is 68.2 Å². The van der Waals surface area contributed by atoms with Gasteiger partial charge in [0.25, 0.3) is 0 Å². The van der Waals surface area contributed by atoms with E-state index in [1.54, 1.807) is 19.0 Å². The van der Waals surface area contributed by atoms with E-state index in [1.165, 1.54) is 0 Å². The van der Waals surface area contributed by atoms with Gasteiger partial charge < -0.3 is 15.2 Å². The lowest BCUT2D eigenvalue weighted by Crippen LogP contribution is -2.11. The minimum absolute atomic E-state index is 0.0912. The zero-order valence-electron chi connectivity index (χ0n) is 9.94. The van der Waals surface area contributed by atoms with Crippen LogP contribution in [-0.4, -0.2) is 24.2 Å². The van der Waals surface area contributed by atoms with Crippen LogP contribution < -0.4 is 10.6 Å². The van der Waals surface area contributed by atoms with Crippen molar-refractivity contribution in [3.63, 3.8) is 0 Å². The molecule has 0 saturated carbocycles. The van der Waals surface area contributed by atoms with Gasteiger partial charge in [0.2, 0.25) is 11.7 Å². The molecule has 2 N–H and O–H groups in total. The smallest absolute Gasteiger partial charge is 0.240 e. The Hall–Kier alpha value is -2.02. The predicted molar refractivity (Wildman–Crippen MR) is 61.9 cm³/mol. The summed E-state index contributed by atoms with van der Waals surface area (Å²) in [6.07, 6.45) is 0. The molecule has 0 bridgehead atoms. The van der Waals surface area contributed by atoms with Crippen LogP contribution in [0.4, 0.5) is 14.5 Å². The van der Waals surface area contributed by atoms with Crippen molar-refractivity contribution >= 4 is 5.69 Å². The molecule has 1 aromatic carbocycles. The van der Waals surface area contributed by atoms with Crippen LogP contribution in [0.2, 0.25) is 0 Å². The fourth-order valence-electron chi connectivity index (χ4n) is 1.53. The van der Waals surface area contributed by atoms with Gasteiger partial charge in [-0.1, -0.05) is 5.16 Å². The molecule has 1 aromatic heterocycles. The number of rotatable bonds is 3. The Labute approximate surface area is 102 Å². The van der Waals surface area contributed by atoms with Gasteiger partial charge in [-0.05, 0) is 6.07 Å². The van der Waals surface area contributed by atoms with Crippen LogP contribution in [0.3, 0.4) is 0 Å². The van der Waals surface area contributed by atoms with E-state index >= 15 is 0 Å². The van der Waals surface area contributed by atoms with Gasteiger partial charge in [-0.2, -0.15) is 4.98 Å². The first kappa shape index (κ1) is 12.4. The number of anilines is 1. The molecule has 5 nitrogen and oxygen atoms in total. The second-order valence-corrected chi connectivity index (χ2v) is 3.89. The van der Waals surface area contributed by atoms with Crippen molar-refractivity contribution in [2.45, 2.75) is 6.54 Å². The molecule has 1 heterocycles. The highest BCUT2D eigenvalue weighted by atomic mass is 19.2. The summed E-state index contributed by atoms with van der Waals surface area (Å²) < 4.78 is 31.4. The van der Waals surface area contributed by atoms with E-state index in [0.717, 1.165) is 12.1 Å². The standard InChI is InChI=1S/C11H12F2N4O/c1-17(2)9-4-8(13)7(12)3-6(9)11-15-10(5-14)18-16-11/h3-4H,5,14H2,1-2H3. The van der Waals surface area contributed by atoms with Crippen LogP contribution in [0, 0.1) is 11.6 Å². The summed E-state index contributed by atoms with van der Waals surface area (Å²) in [7, 11) is 3.42. The van der Waals surface area contributed by atoms with E-state index in [9.17, 15) is 8.78 Å². The van der Waals surface area contributed by atoms with E-state index in [2.05, 4.69) is 10.1 Å². The minimum Gasteiger partial charge on any atom is -0.377 e. The first-order valence-electron chi connectivity index (χ1n) is 5.22. The van der Waals surface area contributed by atoms with Crippen LogP contribution in [0.1, 0.15) is 5.89 Å². The fraction of sp³-hybridized carbons (Fsp3) is 0.273. The molecular weight excluding hydrogens is 242 g/mol. The molecule has 18 heavy (non-hydrogen) atoms. The van der Waals surface area contributed by atoms with Crippen LogP contribution in [0.15, 0.2) is 16.7 Å². The highest BCUT2D eigenvalue weighted by Gasteiger charge is 2.17. The molecule has 0 aliphatic carbocycles. The zero-order valence-corrected chi connectivity index (χ0v) is 9.94. The molecule has 0 saturated heterocycles. The third-order valence-corrected chi connectivity index (χ3v) is 2.40. The third kappa shape index (κ3) is 2.17. The quantitative estimate of drug-likeness (QED) is 0.899. The molecule has 2 rings (SSSR count). The summed E-state index contributed by atoms with van der Waals surface area (Å²) in [6, 6.07) is 2.12. The number of nitrogens with zero attached hydrogens (tertiary/aromatic N) is 3. The van der Waals surface area contributed by atoms with Crippen molar-refractivity contribution in [3.8, 4) is 11.4 Å². The number of hydrogen-bond acceptors (Lipinski definition) is 5. The zero-order chi connectivity index (χ0) is 13.3. The maximum Gasteiger partial charge on any atom is 0.240 e. The van der Waals surface area contributed by atoms with Gasteiger partial charge in [-0.25, -0.2) is 8.78 Å². The maximum absolute atomic E-state index is 13.3. The van der Waals surface area contributed by atoms with Crippen LogP contribution in [-0.2, 0) is 6.54 Å². The molecule has 0 amide bonds. The molecule has 96 valence electrons. The summed E-state index contributed by atoms with van der Waals surface area (Å²) in [6.45, 7) is 0.0912. The fourth-order valence-corrected chi connectivity index (χ4v) is 1.53. The number of hydrogen-bond donors (Lipinski definition) is 1. The minimum atomic E-state index is -0.963. The summed E-state index contributed by atoms with van der Waals surface area (Å²) in [5.41, 5.74) is 6.16. The largest absolute Gasteiger partial charge is 0.377 e. The van der Waals surface area contributed by atoms with E-state index in [0.29, 0.717) is 11.3 Å². The van der Waals surface area contributed by atoms with E-state index in [-0.39, 0.29) is 18.3 Å². The Morgan fingerprint density at radius 2 is 1.94 bits per heavy atom. The van der Waals surface area contributed by atoms with Crippen molar-refractivity contribution in [3.05, 3.63) is 29.7 Å². The van der Waals surface area contributed by atoms with Crippen LogP contribution >= 0.6 is 0 Å². The monoisotopic (exact) mass is 254 g/mol. The molecule has 7 heteroatoms. The van der Waals surface area contributed by atoms with Gasteiger partial charge in [-0.3, -0.25) is 0 Å². The summed E-state index contributed by atoms with van der Waals surface area (Å²) in [5, 5.41) is 3.69. The van der Waals surface area contributed by atoms with Crippen molar-refractivity contribution < 1.29 is 13.3 Å². The van der Waals surface area contributed by atoms with Crippen molar-refractivity contribution in [1.82, 2.24) is 10.1 Å². The molecule has 0 radical (unpaired) electrons. The van der Waals surface area contributed by atoms with E-state index < -0.39 is 11.6 Å². The van der Waals surface area contributed by atoms with Crippen LogP contribution in [0.5, 0.6) is 0 Å². The number of aromatic nitrogens is 2. The van der Waals surface area contributed by atoms with Crippen molar-refractivity contribution in [1.29, 1.82) is 0 Å². The molecule has 2 aromatic rings. The van der Waals surface area contributed by atoms with E-state index in [1.807, 2.05) is 0 Å². The molecular formula is C11H12F2N4O. The molecule has 0 atom stereocenters. The van der Waals surface area contributed by atoms with Crippen LogP contribution in [0.25, 0.3) is 11.4 Å². The second-order valence-electron chi connectivity index (χ2n) is 3.89. The highest BCUT2D eigenvalue weighted by molar-refractivity contribution is 5.74. The lowest BCUT2D eigenvalue weighted by atomic mass is 10.1. The second kappa shape index (κ2) is 4.69. The molecule has 0 spiro atoms. The lowest BCUT2D eigenvalue weighted by molar-refractivity contribution is 0.380. The van der Waals surface area contributed by atoms with Crippen molar-refractivity contribution in [2.75, 3.05) is 19.0 Å². The van der Waals surface area contributed by atoms with Gasteiger partial charge in [0.1, 0.15) is 0 Å². The number of halogens is 2. The van der Waals surface area contributed by atoms with Gasteiger partial charge in [0.15, 0.2) is 11.6 Å². The summed E-state index contributed by atoms with van der Waals surface area (Å²) in [4.78, 5) is 5.63. The average Bonchev–Trinajstić information content (AvgIpc) is 2.80. The van der Waals surface area contributed by atoms with Gasteiger partial charge >= 0.3 is 0 Å².